The third kappa shape index (κ3) is 1.91. The van der Waals surface area contributed by atoms with Gasteiger partial charge in [0.2, 0.25) is 11.8 Å². The maximum Gasteiger partial charge on any atom is 0.238 e. The van der Waals surface area contributed by atoms with Crippen LogP contribution in [0.15, 0.2) is 41.5 Å². The monoisotopic (exact) mass is 341 g/mol. The minimum atomic E-state index is -0.246. The molecule has 0 unspecified atom stereocenters. The SMILES string of the molecule is CCC(C)=C1[C@H]2C=C[C@H]1[C@H]1C(=O)N(c3ccc(C)c(Cl)c3)C(=O)[C@H]12. The molecule has 0 spiro atoms. The van der Waals surface area contributed by atoms with Crippen LogP contribution in [0.25, 0.3) is 0 Å². The van der Waals surface area contributed by atoms with Gasteiger partial charge in [0.1, 0.15) is 0 Å². The van der Waals surface area contributed by atoms with Crippen LogP contribution in [0, 0.1) is 30.6 Å². The number of anilines is 1. The Morgan fingerprint density at radius 2 is 1.71 bits per heavy atom. The largest absolute Gasteiger partial charge is 0.274 e. The summed E-state index contributed by atoms with van der Waals surface area (Å²) in [5, 5.41) is 0.577. The Balaban J connectivity index is 1.75. The van der Waals surface area contributed by atoms with Gasteiger partial charge in [0.25, 0.3) is 0 Å². The smallest absolute Gasteiger partial charge is 0.238 e. The first-order chi connectivity index (χ1) is 11.5. The number of fused-ring (bicyclic) bond motifs is 5. The molecule has 1 aromatic rings. The summed E-state index contributed by atoms with van der Waals surface area (Å²) in [6.07, 6.45) is 5.21. The van der Waals surface area contributed by atoms with Crippen LogP contribution in [0.1, 0.15) is 25.8 Å². The first-order valence-corrected chi connectivity index (χ1v) is 8.85. The van der Waals surface area contributed by atoms with Crippen LogP contribution in [0.3, 0.4) is 0 Å². The van der Waals surface area contributed by atoms with E-state index in [4.69, 9.17) is 11.6 Å². The van der Waals surface area contributed by atoms with Gasteiger partial charge in [0.05, 0.1) is 17.5 Å². The van der Waals surface area contributed by atoms with Crippen molar-refractivity contribution in [3.05, 3.63) is 52.1 Å². The van der Waals surface area contributed by atoms with Crippen molar-refractivity contribution in [1.29, 1.82) is 0 Å². The molecular weight excluding hydrogens is 322 g/mol. The summed E-state index contributed by atoms with van der Waals surface area (Å²) in [5.74, 6) is -0.482. The Morgan fingerprint density at radius 3 is 2.21 bits per heavy atom. The molecule has 0 radical (unpaired) electrons. The highest BCUT2D eigenvalue weighted by Crippen LogP contribution is 2.57. The molecule has 4 rings (SSSR count). The second-order valence-corrected chi connectivity index (χ2v) is 7.43. The lowest BCUT2D eigenvalue weighted by atomic mass is 9.85. The van der Waals surface area contributed by atoms with E-state index in [1.807, 2.05) is 13.0 Å². The predicted octanol–water partition coefficient (Wildman–Crippen LogP) is 4.30. The zero-order chi connectivity index (χ0) is 17.2. The van der Waals surface area contributed by atoms with Gasteiger partial charge in [-0.15, -0.1) is 0 Å². The lowest BCUT2D eigenvalue weighted by Crippen LogP contribution is -2.33. The molecule has 1 heterocycles. The van der Waals surface area contributed by atoms with Gasteiger partial charge in [-0.05, 0) is 38.0 Å². The maximum atomic E-state index is 13.0. The van der Waals surface area contributed by atoms with E-state index in [1.54, 1.807) is 12.1 Å². The van der Waals surface area contributed by atoms with Gasteiger partial charge in [-0.2, -0.15) is 0 Å². The number of rotatable bonds is 2. The van der Waals surface area contributed by atoms with Gasteiger partial charge in [-0.25, -0.2) is 4.90 Å². The number of imide groups is 1. The number of carbonyl (C=O) groups excluding carboxylic acids is 2. The van der Waals surface area contributed by atoms with Crippen LogP contribution in [-0.2, 0) is 9.59 Å². The summed E-state index contributed by atoms with van der Waals surface area (Å²) >= 11 is 6.19. The average Bonchev–Trinajstić information content (AvgIpc) is 3.20. The molecule has 0 N–H and O–H groups in total. The van der Waals surface area contributed by atoms with Crippen LogP contribution in [0.2, 0.25) is 5.02 Å². The highest BCUT2D eigenvalue weighted by atomic mass is 35.5. The fourth-order valence-electron chi connectivity index (χ4n) is 4.51. The van der Waals surface area contributed by atoms with Crippen molar-refractivity contribution < 1.29 is 9.59 Å². The number of nitrogens with zero attached hydrogens (tertiary/aromatic N) is 1. The van der Waals surface area contributed by atoms with Crippen LogP contribution < -0.4 is 4.90 Å². The summed E-state index contributed by atoms with van der Waals surface area (Å²) in [6.45, 7) is 6.15. The van der Waals surface area contributed by atoms with Crippen molar-refractivity contribution in [3.8, 4) is 0 Å². The molecular formula is C20H20ClNO2. The maximum absolute atomic E-state index is 13.0. The van der Waals surface area contributed by atoms with E-state index < -0.39 is 0 Å². The Morgan fingerprint density at radius 1 is 1.12 bits per heavy atom. The summed E-state index contributed by atoms with van der Waals surface area (Å²) < 4.78 is 0. The van der Waals surface area contributed by atoms with Gasteiger partial charge >= 0.3 is 0 Å². The fourth-order valence-corrected chi connectivity index (χ4v) is 4.69. The lowest BCUT2D eigenvalue weighted by molar-refractivity contribution is -0.122. The number of carbonyl (C=O) groups is 2. The van der Waals surface area contributed by atoms with Crippen molar-refractivity contribution in [2.75, 3.05) is 4.90 Å². The minimum Gasteiger partial charge on any atom is -0.274 e. The molecule has 3 nitrogen and oxygen atoms in total. The Hall–Kier alpha value is -1.87. The van der Waals surface area contributed by atoms with Gasteiger partial charge in [0.15, 0.2) is 0 Å². The van der Waals surface area contributed by atoms with E-state index >= 15 is 0 Å². The molecule has 2 bridgehead atoms. The second kappa shape index (κ2) is 5.32. The van der Waals surface area contributed by atoms with Crippen molar-refractivity contribution in [2.45, 2.75) is 27.2 Å². The molecule has 1 saturated carbocycles. The number of hydrogen-bond acceptors (Lipinski definition) is 2. The summed E-state index contributed by atoms with van der Waals surface area (Å²) in [7, 11) is 0. The highest BCUT2D eigenvalue weighted by molar-refractivity contribution is 6.32. The van der Waals surface area contributed by atoms with Gasteiger partial charge in [-0.1, -0.05) is 47.9 Å². The van der Waals surface area contributed by atoms with Crippen molar-refractivity contribution in [1.82, 2.24) is 0 Å². The van der Waals surface area contributed by atoms with Crippen LogP contribution in [0.5, 0.6) is 0 Å². The van der Waals surface area contributed by atoms with Crippen LogP contribution in [0.4, 0.5) is 5.69 Å². The molecule has 2 fully saturated rings. The number of amides is 2. The van der Waals surface area contributed by atoms with Gasteiger partial charge < -0.3 is 0 Å². The van der Waals surface area contributed by atoms with E-state index in [9.17, 15) is 9.59 Å². The first-order valence-electron chi connectivity index (χ1n) is 8.47. The molecule has 2 aliphatic carbocycles. The van der Waals surface area contributed by atoms with E-state index in [2.05, 4.69) is 26.0 Å². The summed E-state index contributed by atoms with van der Waals surface area (Å²) in [5.41, 5.74) is 4.14. The molecule has 1 aliphatic heterocycles. The molecule has 0 aromatic heterocycles. The van der Waals surface area contributed by atoms with Crippen molar-refractivity contribution in [2.24, 2.45) is 23.7 Å². The normalized spacial score (nSPS) is 32.8. The predicted molar refractivity (Wildman–Crippen MR) is 94.8 cm³/mol. The Bertz CT molecular complexity index is 789. The third-order valence-electron chi connectivity index (χ3n) is 5.85. The zero-order valence-corrected chi connectivity index (χ0v) is 14.8. The summed E-state index contributed by atoms with van der Waals surface area (Å²) in [6, 6.07) is 5.38. The topological polar surface area (TPSA) is 37.4 Å². The molecule has 3 aliphatic rings. The molecule has 1 aromatic carbocycles. The third-order valence-corrected chi connectivity index (χ3v) is 6.26. The summed E-state index contributed by atoms with van der Waals surface area (Å²) in [4.78, 5) is 27.4. The number of allylic oxidation sites excluding steroid dienone is 4. The molecule has 24 heavy (non-hydrogen) atoms. The number of aryl methyl sites for hydroxylation is 1. The van der Waals surface area contributed by atoms with Crippen molar-refractivity contribution in [3.63, 3.8) is 0 Å². The fraction of sp³-hybridized carbons (Fsp3) is 0.400. The van der Waals surface area contributed by atoms with Gasteiger partial charge in [-0.3, -0.25) is 9.59 Å². The molecule has 124 valence electrons. The first kappa shape index (κ1) is 15.6. The highest BCUT2D eigenvalue weighted by Gasteiger charge is 2.62. The van der Waals surface area contributed by atoms with Gasteiger partial charge in [0, 0.05) is 16.9 Å². The standard InChI is InChI=1S/C20H20ClNO2/c1-4-10(2)16-13-7-8-14(16)18-17(13)19(23)22(20(18)24)12-6-5-11(3)15(21)9-12/h5-9,13-14,17-18H,4H2,1-3H3/t13-,14-,17-,18+/m1/s1. The molecule has 4 atom stereocenters. The van der Waals surface area contributed by atoms with E-state index in [-0.39, 0.29) is 35.5 Å². The molecule has 2 amide bonds. The molecule has 1 saturated heterocycles. The Labute approximate surface area is 147 Å². The number of hydrogen-bond donors (Lipinski definition) is 0. The van der Waals surface area contributed by atoms with Crippen molar-refractivity contribution >= 4 is 29.1 Å². The van der Waals surface area contributed by atoms with Crippen LogP contribution >= 0.6 is 11.6 Å². The molecule has 4 heteroatoms. The number of halogens is 1. The van der Waals surface area contributed by atoms with Crippen LogP contribution in [-0.4, -0.2) is 11.8 Å². The van der Waals surface area contributed by atoms with E-state index in [0.717, 1.165) is 12.0 Å². The second-order valence-electron chi connectivity index (χ2n) is 7.02. The Kier molecular flexibility index (Phi) is 3.47. The van der Waals surface area contributed by atoms with E-state index in [1.165, 1.54) is 16.0 Å². The zero-order valence-electron chi connectivity index (χ0n) is 14.0. The lowest BCUT2D eigenvalue weighted by Gasteiger charge is -2.20. The quantitative estimate of drug-likeness (QED) is 0.594. The number of benzene rings is 1. The van der Waals surface area contributed by atoms with E-state index in [0.29, 0.717) is 10.7 Å². The average molecular weight is 342 g/mol. The minimum absolute atomic E-state index is 0.0804.